The number of nitrogens with zero attached hydrogens (tertiary/aromatic N) is 2. The quantitative estimate of drug-likeness (QED) is 0.760. The lowest BCUT2D eigenvalue weighted by Gasteiger charge is -2.45. The van der Waals surface area contributed by atoms with E-state index in [9.17, 15) is 8.42 Å². The van der Waals surface area contributed by atoms with Crippen molar-refractivity contribution >= 4 is 27.2 Å². The number of thiocarbonyl (C=S) groups is 1. The molecule has 2 N–H and O–H groups in total. The summed E-state index contributed by atoms with van der Waals surface area (Å²) in [5.74, 6) is 0. The average molecular weight is 293 g/mol. The largest absolute Gasteiger partial charge is 0.392 e. The van der Waals surface area contributed by atoms with Crippen LogP contribution in [0.1, 0.15) is 27.2 Å². The lowest BCUT2D eigenvalue weighted by molar-refractivity contribution is 0.0799. The fourth-order valence-electron chi connectivity index (χ4n) is 2.15. The summed E-state index contributed by atoms with van der Waals surface area (Å²) in [6, 6.07) is 0. The van der Waals surface area contributed by atoms with Gasteiger partial charge >= 0.3 is 0 Å². The summed E-state index contributed by atoms with van der Waals surface area (Å²) in [6.07, 6.45) is 0.421. The molecule has 1 rings (SSSR count). The third-order valence-corrected chi connectivity index (χ3v) is 6.46. The van der Waals surface area contributed by atoms with Gasteiger partial charge in [-0.1, -0.05) is 19.1 Å². The molecule has 0 aromatic rings. The Morgan fingerprint density at radius 3 is 2.39 bits per heavy atom. The Balaban J connectivity index is 2.97. The highest BCUT2D eigenvalue weighted by Gasteiger charge is 2.40. The maximum absolute atomic E-state index is 12.5. The second kappa shape index (κ2) is 5.40. The molecule has 1 saturated heterocycles. The van der Waals surface area contributed by atoms with E-state index in [-0.39, 0.29) is 10.5 Å². The van der Waals surface area contributed by atoms with Gasteiger partial charge in [0.1, 0.15) is 5.25 Å². The minimum atomic E-state index is -3.43. The Labute approximate surface area is 115 Å². The first-order valence-corrected chi connectivity index (χ1v) is 8.03. The van der Waals surface area contributed by atoms with Crippen molar-refractivity contribution in [2.75, 3.05) is 26.7 Å². The second-order valence-corrected chi connectivity index (χ2v) is 8.00. The molecule has 1 unspecified atom stereocenters. The molecule has 0 bridgehead atoms. The molecule has 0 aromatic carbocycles. The van der Waals surface area contributed by atoms with Gasteiger partial charge in [0, 0.05) is 25.2 Å². The first-order valence-electron chi connectivity index (χ1n) is 6.12. The van der Waals surface area contributed by atoms with Crippen LogP contribution in [0.4, 0.5) is 0 Å². The molecule has 0 aromatic heterocycles. The third kappa shape index (κ3) is 3.01. The fourth-order valence-corrected chi connectivity index (χ4v) is 4.59. The molecular formula is C11H23N3O2S2. The Hall–Kier alpha value is -0.240. The van der Waals surface area contributed by atoms with E-state index >= 15 is 0 Å². The van der Waals surface area contributed by atoms with Crippen LogP contribution < -0.4 is 5.73 Å². The molecule has 5 nitrogen and oxygen atoms in total. The number of hydrogen-bond donors (Lipinski definition) is 1. The van der Waals surface area contributed by atoms with Gasteiger partial charge in [-0.2, -0.15) is 4.31 Å². The molecular weight excluding hydrogens is 270 g/mol. The van der Waals surface area contributed by atoms with E-state index in [2.05, 4.69) is 4.90 Å². The molecule has 1 fully saturated rings. The maximum atomic E-state index is 12.5. The van der Waals surface area contributed by atoms with Crippen molar-refractivity contribution in [3.05, 3.63) is 0 Å². The number of hydrogen-bond acceptors (Lipinski definition) is 4. The SMILES string of the molecule is CCC(C(N)=S)S(=O)(=O)N1CCN(C)C(C)(C)C1. The molecule has 0 saturated carbocycles. The predicted molar refractivity (Wildman–Crippen MR) is 78.1 cm³/mol. The van der Waals surface area contributed by atoms with E-state index in [4.69, 9.17) is 18.0 Å². The Bertz CT molecular complexity index is 420. The van der Waals surface area contributed by atoms with Crippen LogP contribution in [0.15, 0.2) is 0 Å². The van der Waals surface area contributed by atoms with Crippen molar-refractivity contribution in [3.63, 3.8) is 0 Å². The summed E-state index contributed by atoms with van der Waals surface area (Å²) in [5.41, 5.74) is 5.38. The number of nitrogens with two attached hydrogens (primary N) is 1. The highest BCUT2D eigenvalue weighted by molar-refractivity contribution is 7.92. The fraction of sp³-hybridized carbons (Fsp3) is 0.909. The van der Waals surface area contributed by atoms with Crippen molar-refractivity contribution in [1.29, 1.82) is 0 Å². The molecule has 0 amide bonds. The summed E-state index contributed by atoms with van der Waals surface area (Å²) in [7, 11) is -1.42. The lowest BCUT2D eigenvalue weighted by Crippen LogP contribution is -2.60. The second-order valence-electron chi connectivity index (χ2n) is 5.41. The van der Waals surface area contributed by atoms with Crippen LogP contribution in [0.3, 0.4) is 0 Å². The Morgan fingerprint density at radius 1 is 1.44 bits per heavy atom. The van der Waals surface area contributed by atoms with E-state index in [1.165, 1.54) is 4.31 Å². The maximum Gasteiger partial charge on any atom is 0.223 e. The molecule has 1 aliphatic heterocycles. The van der Waals surface area contributed by atoms with E-state index in [1.807, 2.05) is 20.9 Å². The summed E-state index contributed by atoms with van der Waals surface area (Å²) in [4.78, 5) is 2.23. The van der Waals surface area contributed by atoms with Crippen LogP contribution in [0.2, 0.25) is 0 Å². The van der Waals surface area contributed by atoms with Gasteiger partial charge in [-0.25, -0.2) is 8.42 Å². The zero-order valence-electron chi connectivity index (χ0n) is 11.5. The molecule has 7 heteroatoms. The third-order valence-electron chi connectivity index (χ3n) is 3.69. The van der Waals surface area contributed by atoms with Gasteiger partial charge in [0.05, 0.1) is 4.99 Å². The molecule has 1 aliphatic rings. The van der Waals surface area contributed by atoms with Gasteiger partial charge < -0.3 is 5.73 Å². The standard InChI is InChI=1S/C11H23N3O2S2/c1-5-9(10(12)17)18(15,16)14-7-6-13(4)11(2,3)8-14/h9H,5-8H2,1-4H3,(H2,12,17). The molecule has 1 atom stereocenters. The van der Waals surface area contributed by atoms with E-state index in [0.717, 1.165) is 6.54 Å². The normalized spacial score (nSPS) is 23.8. The highest BCUT2D eigenvalue weighted by Crippen LogP contribution is 2.23. The van der Waals surface area contributed by atoms with Crippen molar-refractivity contribution in [1.82, 2.24) is 9.21 Å². The number of rotatable bonds is 4. The van der Waals surface area contributed by atoms with E-state index in [1.54, 1.807) is 6.92 Å². The summed E-state index contributed by atoms with van der Waals surface area (Å²) >= 11 is 4.88. The number of sulfonamides is 1. The van der Waals surface area contributed by atoms with Gasteiger partial charge in [-0.15, -0.1) is 0 Å². The highest BCUT2D eigenvalue weighted by atomic mass is 32.2. The van der Waals surface area contributed by atoms with Gasteiger partial charge in [-0.05, 0) is 27.3 Å². The van der Waals surface area contributed by atoms with Crippen molar-refractivity contribution in [2.24, 2.45) is 5.73 Å². The van der Waals surface area contributed by atoms with E-state index < -0.39 is 15.3 Å². The van der Waals surface area contributed by atoms with Gasteiger partial charge in [0.15, 0.2) is 0 Å². The first-order chi connectivity index (χ1) is 8.13. The molecule has 106 valence electrons. The minimum Gasteiger partial charge on any atom is -0.392 e. The average Bonchev–Trinajstić information content (AvgIpc) is 2.21. The smallest absolute Gasteiger partial charge is 0.223 e. The summed E-state index contributed by atoms with van der Waals surface area (Å²) in [6.45, 7) is 7.57. The number of likely N-dealkylation sites (N-methyl/N-ethyl adjacent to an activating group) is 1. The topological polar surface area (TPSA) is 66.6 Å². The van der Waals surface area contributed by atoms with Crippen LogP contribution in [-0.2, 0) is 10.0 Å². The van der Waals surface area contributed by atoms with Crippen molar-refractivity contribution in [3.8, 4) is 0 Å². The van der Waals surface area contributed by atoms with Crippen molar-refractivity contribution in [2.45, 2.75) is 38.0 Å². The zero-order chi connectivity index (χ0) is 14.1. The monoisotopic (exact) mass is 293 g/mol. The predicted octanol–water partition coefficient (Wildman–Crippen LogP) is 0.407. The molecule has 18 heavy (non-hydrogen) atoms. The van der Waals surface area contributed by atoms with Gasteiger partial charge in [0.2, 0.25) is 10.0 Å². The van der Waals surface area contributed by atoms with Gasteiger partial charge in [0.25, 0.3) is 0 Å². The Kier molecular flexibility index (Phi) is 4.75. The summed E-state index contributed by atoms with van der Waals surface area (Å²) < 4.78 is 26.5. The molecule has 0 spiro atoms. The van der Waals surface area contributed by atoms with Crippen molar-refractivity contribution < 1.29 is 8.42 Å². The van der Waals surface area contributed by atoms with Crippen LogP contribution in [-0.4, -0.2) is 60.1 Å². The molecule has 0 radical (unpaired) electrons. The minimum absolute atomic E-state index is 0.0641. The van der Waals surface area contributed by atoms with E-state index in [0.29, 0.717) is 19.5 Å². The zero-order valence-corrected chi connectivity index (χ0v) is 13.1. The molecule has 0 aliphatic carbocycles. The summed E-state index contributed by atoms with van der Waals surface area (Å²) in [5, 5.41) is -0.744. The van der Waals surface area contributed by atoms with Crippen LogP contribution >= 0.6 is 12.2 Å². The van der Waals surface area contributed by atoms with Gasteiger partial charge in [-0.3, -0.25) is 4.90 Å². The van der Waals surface area contributed by atoms with Crippen LogP contribution in [0, 0.1) is 0 Å². The lowest BCUT2D eigenvalue weighted by atomic mass is 10.0. The first kappa shape index (κ1) is 15.8. The van der Waals surface area contributed by atoms with Crippen LogP contribution in [0.5, 0.6) is 0 Å². The molecule has 1 heterocycles. The Morgan fingerprint density at radius 2 is 2.00 bits per heavy atom. The van der Waals surface area contributed by atoms with Crippen LogP contribution in [0.25, 0.3) is 0 Å². The number of piperazine rings is 1.